The molecule has 0 N–H and O–H groups in total. The van der Waals surface area contributed by atoms with Gasteiger partial charge in [-0.2, -0.15) is 0 Å². The lowest BCUT2D eigenvalue weighted by Crippen LogP contribution is -2.43. The number of rotatable bonds is 3. The summed E-state index contributed by atoms with van der Waals surface area (Å²) in [6, 6.07) is 16.4. The molecule has 2 heterocycles. The van der Waals surface area contributed by atoms with Crippen molar-refractivity contribution in [3.05, 3.63) is 48.0 Å². The molecule has 24 heavy (non-hydrogen) atoms. The van der Waals surface area contributed by atoms with Crippen LogP contribution in [0.1, 0.15) is 17.9 Å². The zero-order valence-electron chi connectivity index (χ0n) is 14.5. The summed E-state index contributed by atoms with van der Waals surface area (Å²) in [5.74, 6) is 0.656. The van der Waals surface area contributed by atoms with Crippen LogP contribution in [0.2, 0.25) is 0 Å². The summed E-state index contributed by atoms with van der Waals surface area (Å²) in [5, 5.41) is 0. The molecule has 0 bridgehead atoms. The van der Waals surface area contributed by atoms with Crippen molar-refractivity contribution >= 4 is 29.2 Å². The number of thioether (sulfide) groups is 1. The molecular formula is C20H24N2S2. The van der Waals surface area contributed by atoms with Crippen molar-refractivity contribution in [2.45, 2.75) is 33.1 Å². The van der Waals surface area contributed by atoms with Crippen molar-refractivity contribution in [1.82, 2.24) is 4.90 Å². The van der Waals surface area contributed by atoms with Crippen molar-refractivity contribution < 1.29 is 0 Å². The largest absolute Gasteiger partial charge is 0.370 e. The highest BCUT2D eigenvalue weighted by atomic mass is 32.2. The van der Waals surface area contributed by atoms with Crippen LogP contribution < -0.4 is 4.90 Å². The molecule has 2 aliphatic rings. The van der Waals surface area contributed by atoms with Crippen molar-refractivity contribution in [3.8, 4) is 0 Å². The molecule has 126 valence electrons. The molecule has 1 unspecified atom stereocenters. The van der Waals surface area contributed by atoms with Gasteiger partial charge in [0.05, 0.1) is 5.69 Å². The summed E-state index contributed by atoms with van der Waals surface area (Å²) >= 11 is 3.69. The Morgan fingerprint density at radius 1 is 1.00 bits per heavy atom. The van der Waals surface area contributed by atoms with Crippen LogP contribution >= 0.6 is 23.5 Å². The third kappa shape index (κ3) is 2.85. The highest BCUT2D eigenvalue weighted by molar-refractivity contribution is 7.99. The minimum atomic E-state index is 0.656. The van der Waals surface area contributed by atoms with Crippen molar-refractivity contribution in [2.75, 3.05) is 38.3 Å². The number of hydrogen-bond donors (Lipinski definition) is 0. The van der Waals surface area contributed by atoms with Crippen LogP contribution in [0.4, 0.5) is 5.69 Å². The van der Waals surface area contributed by atoms with Crippen LogP contribution in [-0.2, 0) is 0 Å². The Bertz CT molecular complexity index is 729. The first-order chi connectivity index (χ1) is 11.7. The minimum Gasteiger partial charge on any atom is -0.370 e. The molecule has 0 radical (unpaired) electrons. The molecule has 1 fully saturated rings. The maximum Gasteiger partial charge on any atom is 0.0544 e. The Kier molecular flexibility index (Phi) is 4.54. The van der Waals surface area contributed by atoms with E-state index < -0.39 is 0 Å². The highest BCUT2D eigenvalue weighted by Crippen LogP contribution is 2.49. The monoisotopic (exact) mass is 356 g/mol. The Balaban J connectivity index is 1.66. The van der Waals surface area contributed by atoms with Gasteiger partial charge in [0, 0.05) is 40.2 Å². The second-order valence-electron chi connectivity index (χ2n) is 6.81. The average Bonchev–Trinajstić information content (AvgIpc) is 2.89. The Morgan fingerprint density at radius 3 is 2.50 bits per heavy atom. The molecule has 2 aliphatic heterocycles. The summed E-state index contributed by atoms with van der Waals surface area (Å²) in [7, 11) is 4.54. The summed E-state index contributed by atoms with van der Waals surface area (Å²) in [6.07, 6.45) is 3.39. The first kappa shape index (κ1) is 16.4. The summed E-state index contributed by atoms with van der Waals surface area (Å²) in [4.78, 5) is 9.06. The molecule has 4 heteroatoms. The van der Waals surface area contributed by atoms with Gasteiger partial charge in [-0.15, -0.1) is 11.8 Å². The molecule has 0 saturated carbocycles. The number of likely N-dealkylation sites (tertiary alicyclic amines) is 1. The zero-order chi connectivity index (χ0) is 16.7. The third-order valence-corrected chi connectivity index (χ3v) is 7.15. The molecule has 2 nitrogen and oxygen atoms in total. The lowest BCUT2D eigenvalue weighted by Gasteiger charge is -2.35. The van der Waals surface area contributed by atoms with E-state index in [0.717, 1.165) is 0 Å². The van der Waals surface area contributed by atoms with Gasteiger partial charge in [-0.05, 0) is 62.2 Å². The van der Waals surface area contributed by atoms with E-state index in [9.17, 15) is 0 Å². The number of nitrogens with zero attached hydrogens (tertiary/aromatic N) is 2. The molecule has 0 aromatic heterocycles. The van der Waals surface area contributed by atoms with E-state index in [-0.39, 0.29) is 0 Å². The van der Waals surface area contributed by atoms with Crippen LogP contribution in [0.3, 0.4) is 0 Å². The van der Waals surface area contributed by atoms with Gasteiger partial charge in [-0.3, -0.25) is 0 Å². The molecule has 4 rings (SSSR count). The first-order valence-corrected chi connectivity index (χ1v) is 10.6. The topological polar surface area (TPSA) is 6.48 Å². The minimum absolute atomic E-state index is 0.656. The van der Waals surface area contributed by atoms with Crippen LogP contribution in [0.25, 0.3) is 0 Å². The molecule has 0 amide bonds. The Hall–Kier alpha value is -1.10. The van der Waals surface area contributed by atoms with Gasteiger partial charge in [-0.1, -0.05) is 23.9 Å². The first-order valence-electron chi connectivity index (χ1n) is 8.53. The highest BCUT2D eigenvalue weighted by Gasteiger charge is 2.40. The smallest absolute Gasteiger partial charge is 0.0544 e. The zero-order valence-corrected chi connectivity index (χ0v) is 16.2. The van der Waals surface area contributed by atoms with E-state index >= 15 is 0 Å². The van der Waals surface area contributed by atoms with Gasteiger partial charge >= 0.3 is 0 Å². The van der Waals surface area contributed by atoms with Crippen LogP contribution in [0.15, 0.2) is 57.2 Å². The van der Waals surface area contributed by atoms with Crippen LogP contribution in [-0.4, -0.2) is 44.4 Å². The fraction of sp³-hybridized carbons (Fsp3) is 0.400. The standard InChI is InChI=1S/C20H24N2S2/c1-21-12-11-18-17(13-21)16-5-4-6-19(20(16)22(18)2)24-15-9-7-14(23-3)8-10-15/h4-10,17-18H,11-13H2,1-3H3/t17?,18-/m0/s1. The lowest BCUT2D eigenvalue weighted by atomic mass is 9.89. The quantitative estimate of drug-likeness (QED) is 0.729. The molecular weight excluding hydrogens is 332 g/mol. The number of piperidine rings is 1. The van der Waals surface area contributed by atoms with E-state index in [1.807, 2.05) is 11.8 Å². The Labute approximate surface area is 153 Å². The molecule has 2 aromatic carbocycles. The second-order valence-corrected chi connectivity index (χ2v) is 8.80. The van der Waals surface area contributed by atoms with Crippen molar-refractivity contribution in [2.24, 2.45) is 0 Å². The van der Waals surface area contributed by atoms with Gasteiger partial charge < -0.3 is 9.80 Å². The lowest BCUT2D eigenvalue weighted by molar-refractivity contribution is 0.234. The van der Waals surface area contributed by atoms with Gasteiger partial charge in [0.15, 0.2) is 0 Å². The number of hydrogen-bond acceptors (Lipinski definition) is 4. The maximum absolute atomic E-state index is 2.55. The predicted octanol–water partition coefficient (Wildman–Crippen LogP) is 4.80. The number of likely N-dealkylation sites (N-methyl/N-ethyl adjacent to an activating group) is 2. The van der Waals surface area contributed by atoms with Crippen LogP contribution in [0, 0.1) is 0 Å². The van der Waals surface area contributed by atoms with Crippen molar-refractivity contribution in [3.63, 3.8) is 0 Å². The fourth-order valence-corrected chi connectivity index (χ4v) is 5.55. The van der Waals surface area contributed by atoms with E-state index in [2.05, 4.69) is 72.6 Å². The summed E-state index contributed by atoms with van der Waals surface area (Å²) < 4.78 is 0. The summed E-state index contributed by atoms with van der Waals surface area (Å²) in [6.45, 7) is 2.39. The second kappa shape index (κ2) is 6.66. The van der Waals surface area contributed by atoms with Gasteiger partial charge in [-0.25, -0.2) is 0 Å². The molecule has 0 spiro atoms. The number of anilines is 1. The molecule has 2 atom stereocenters. The SMILES string of the molecule is CSc1ccc(Sc2cccc3c2N(C)[C@H]2CCN(C)CC32)cc1. The van der Waals surface area contributed by atoms with E-state index in [0.29, 0.717) is 12.0 Å². The maximum atomic E-state index is 2.55. The number of para-hydroxylation sites is 1. The van der Waals surface area contributed by atoms with Gasteiger partial charge in [0.1, 0.15) is 0 Å². The average molecular weight is 357 g/mol. The third-order valence-electron chi connectivity index (χ3n) is 5.35. The Morgan fingerprint density at radius 2 is 1.75 bits per heavy atom. The molecule has 2 aromatic rings. The normalized spacial score (nSPS) is 23.2. The number of benzene rings is 2. The van der Waals surface area contributed by atoms with Gasteiger partial charge in [0.25, 0.3) is 0 Å². The van der Waals surface area contributed by atoms with Crippen LogP contribution in [0.5, 0.6) is 0 Å². The predicted molar refractivity (Wildman–Crippen MR) is 106 cm³/mol. The molecule has 1 saturated heterocycles. The van der Waals surface area contributed by atoms with E-state index in [1.54, 1.807) is 17.3 Å². The van der Waals surface area contributed by atoms with E-state index in [4.69, 9.17) is 0 Å². The van der Waals surface area contributed by atoms with E-state index in [1.165, 1.54) is 39.9 Å². The fourth-order valence-electron chi connectivity index (χ4n) is 4.11. The molecule has 0 aliphatic carbocycles. The van der Waals surface area contributed by atoms with Crippen molar-refractivity contribution in [1.29, 1.82) is 0 Å². The van der Waals surface area contributed by atoms with Gasteiger partial charge in [0.2, 0.25) is 0 Å². The number of fused-ring (bicyclic) bond motifs is 3. The summed E-state index contributed by atoms with van der Waals surface area (Å²) in [5.41, 5.74) is 3.00.